The van der Waals surface area contributed by atoms with Crippen LogP contribution in [0.15, 0.2) is 30.5 Å². The van der Waals surface area contributed by atoms with Gasteiger partial charge in [-0.3, -0.25) is 9.20 Å². The number of ether oxygens (including phenoxy) is 1. The number of hydrogen-bond acceptors (Lipinski definition) is 3. The number of benzene rings is 1. The Balaban J connectivity index is 2.04. The second-order valence-corrected chi connectivity index (χ2v) is 6.27. The number of pyridine rings is 1. The summed E-state index contributed by atoms with van der Waals surface area (Å²) in [7, 11) is 0. The minimum absolute atomic E-state index is 0.172. The lowest BCUT2D eigenvalue weighted by atomic mass is 10.0. The lowest BCUT2D eigenvalue weighted by Crippen LogP contribution is -2.17. The number of nitrogens with zero attached hydrogens (tertiary/aromatic N) is 2. The van der Waals surface area contributed by atoms with Crippen LogP contribution in [0.2, 0.25) is 0 Å². The Morgan fingerprint density at radius 2 is 1.88 bits per heavy atom. The van der Waals surface area contributed by atoms with Gasteiger partial charge in [0.25, 0.3) is 5.91 Å². The molecule has 3 rings (SSSR count). The number of carbonyl (C=O) groups excluding carboxylic acids is 1. The average Bonchev–Trinajstić information content (AvgIpc) is 2.88. The zero-order valence-corrected chi connectivity index (χ0v) is 15.3. The third-order valence-electron chi connectivity index (χ3n) is 4.22. The Kier molecular flexibility index (Phi) is 4.49. The fraction of sp³-hybridized carbons (Fsp3) is 0.300. The largest absolute Gasteiger partial charge is 0.490 e. The minimum Gasteiger partial charge on any atom is -0.490 e. The topological polar surface area (TPSA) is 55.6 Å². The Bertz CT molecular complexity index is 934. The van der Waals surface area contributed by atoms with Crippen molar-refractivity contribution in [2.75, 3.05) is 11.9 Å². The number of fused-ring (bicyclic) bond motifs is 1. The summed E-state index contributed by atoms with van der Waals surface area (Å²) < 4.78 is 7.41. The standard InChI is InChI=1S/C20H23N3O2/c1-6-25-16-8-7-9-23-18(15(5)21-19(16)23)20(24)22-17-13(3)10-12(2)11-14(17)4/h7-11H,6H2,1-5H3,(H,22,24). The first-order chi connectivity index (χ1) is 11.9. The van der Waals surface area contributed by atoms with E-state index in [1.165, 1.54) is 5.56 Å². The summed E-state index contributed by atoms with van der Waals surface area (Å²) in [5.74, 6) is 0.503. The SMILES string of the molecule is CCOc1cccn2c(C(=O)Nc3c(C)cc(C)cc3C)c(C)nc12. The molecule has 0 spiro atoms. The van der Waals surface area contributed by atoms with Crippen LogP contribution in [0.4, 0.5) is 5.69 Å². The summed E-state index contributed by atoms with van der Waals surface area (Å²) in [5.41, 5.74) is 5.98. The molecule has 0 bridgehead atoms. The molecule has 25 heavy (non-hydrogen) atoms. The molecule has 0 radical (unpaired) electrons. The summed E-state index contributed by atoms with van der Waals surface area (Å²) in [4.78, 5) is 17.5. The maximum atomic E-state index is 13.0. The van der Waals surface area contributed by atoms with Crippen molar-refractivity contribution in [1.82, 2.24) is 9.38 Å². The number of amides is 1. The van der Waals surface area contributed by atoms with Gasteiger partial charge in [-0.25, -0.2) is 4.98 Å². The predicted octanol–water partition coefficient (Wildman–Crippen LogP) is 4.22. The van der Waals surface area contributed by atoms with Crippen molar-refractivity contribution in [1.29, 1.82) is 0 Å². The van der Waals surface area contributed by atoms with Gasteiger partial charge in [-0.2, -0.15) is 0 Å². The van der Waals surface area contributed by atoms with Gasteiger partial charge in [-0.1, -0.05) is 17.7 Å². The van der Waals surface area contributed by atoms with Crippen LogP contribution in [0, 0.1) is 27.7 Å². The van der Waals surface area contributed by atoms with Crippen molar-refractivity contribution < 1.29 is 9.53 Å². The van der Waals surface area contributed by atoms with Gasteiger partial charge in [0.05, 0.1) is 12.3 Å². The number of hydrogen-bond donors (Lipinski definition) is 1. The van der Waals surface area contributed by atoms with E-state index in [2.05, 4.69) is 29.4 Å². The molecule has 5 heteroatoms. The zero-order chi connectivity index (χ0) is 18.1. The lowest BCUT2D eigenvalue weighted by molar-refractivity contribution is 0.102. The van der Waals surface area contributed by atoms with Gasteiger partial charge in [0, 0.05) is 11.9 Å². The molecule has 0 aliphatic rings. The summed E-state index contributed by atoms with van der Waals surface area (Å²) in [6.07, 6.45) is 1.83. The van der Waals surface area contributed by atoms with Crippen LogP contribution < -0.4 is 10.1 Å². The van der Waals surface area contributed by atoms with Crippen LogP contribution in [0.25, 0.3) is 5.65 Å². The monoisotopic (exact) mass is 337 g/mol. The lowest BCUT2D eigenvalue weighted by Gasteiger charge is -2.13. The summed E-state index contributed by atoms with van der Waals surface area (Å²) >= 11 is 0. The predicted molar refractivity (Wildman–Crippen MR) is 99.7 cm³/mol. The molecule has 0 atom stereocenters. The molecule has 130 valence electrons. The number of aromatic nitrogens is 2. The highest BCUT2D eigenvalue weighted by atomic mass is 16.5. The highest BCUT2D eigenvalue weighted by Gasteiger charge is 2.20. The van der Waals surface area contributed by atoms with E-state index in [1.807, 2.05) is 46.0 Å². The van der Waals surface area contributed by atoms with Crippen molar-refractivity contribution in [3.63, 3.8) is 0 Å². The molecule has 0 aliphatic carbocycles. The minimum atomic E-state index is -0.172. The summed E-state index contributed by atoms with van der Waals surface area (Å²) in [6, 6.07) is 7.85. The van der Waals surface area contributed by atoms with E-state index in [9.17, 15) is 4.79 Å². The van der Waals surface area contributed by atoms with Gasteiger partial charge in [0.2, 0.25) is 0 Å². The van der Waals surface area contributed by atoms with E-state index in [0.29, 0.717) is 29.4 Å². The van der Waals surface area contributed by atoms with Crippen LogP contribution in [-0.4, -0.2) is 21.9 Å². The Labute approximate surface area is 147 Å². The highest BCUT2D eigenvalue weighted by molar-refractivity contribution is 6.05. The van der Waals surface area contributed by atoms with Gasteiger partial charge in [0.1, 0.15) is 5.69 Å². The Morgan fingerprint density at radius 3 is 2.52 bits per heavy atom. The number of nitrogens with one attached hydrogen (secondary N) is 1. The van der Waals surface area contributed by atoms with Gasteiger partial charge in [-0.05, 0) is 57.9 Å². The van der Waals surface area contributed by atoms with Crippen LogP contribution in [0.1, 0.15) is 39.8 Å². The van der Waals surface area contributed by atoms with Crippen LogP contribution >= 0.6 is 0 Å². The third kappa shape index (κ3) is 3.09. The van der Waals surface area contributed by atoms with E-state index >= 15 is 0 Å². The van der Waals surface area contributed by atoms with Gasteiger partial charge < -0.3 is 10.1 Å². The van der Waals surface area contributed by atoms with Crippen molar-refractivity contribution >= 4 is 17.2 Å². The zero-order valence-electron chi connectivity index (χ0n) is 15.3. The van der Waals surface area contributed by atoms with Gasteiger partial charge in [-0.15, -0.1) is 0 Å². The van der Waals surface area contributed by atoms with E-state index < -0.39 is 0 Å². The number of carbonyl (C=O) groups is 1. The van der Waals surface area contributed by atoms with Crippen molar-refractivity contribution in [3.8, 4) is 5.75 Å². The smallest absolute Gasteiger partial charge is 0.274 e. The fourth-order valence-corrected chi connectivity index (χ4v) is 3.25. The molecule has 1 N–H and O–H groups in total. The van der Waals surface area contributed by atoms with Crippen LogP contribution in [-0.2, 0) is 0 Å². The molecule has 3 aromatic rings. The molecular formula is C20H23N3O2. The number of imidazole rings is 1. The molecule has 0 saturated heterocycles. The first-order valence-corrected chi connectivity index (χ1v) is 8.42. The summed E-state index contributed by atoms with van der Waals surface area (Å²) in [5, 5.41) is 3.05. The number of anilines is 1. The Hall–Kier alpha value is -2.82. The fourth-order valence-electron chi connectivity index (χ4n) is 3.25. The van der Waals surface area contributed by atoms with Crippen molar-refractivity contribution in [2.45, 2.75) is 34.6 Å². The van der Waals surface area contributed by atoms with E-state index in [0.717, 1.165) is 16.8 Å². The van der Waals surface area contributed by atoms with Crippen molar-refractivity contribution in [2.24, 2.45) is 0 Å². The molecule has 2 heterocycles. The van der Waals surface area contributed by atoms with Crippen LogP contribution in [0.5, 0.6) is 5.75 Å². The Morgan fingerprint density at radius 1 is 1.20 bits per heavy atom. The van der Waals surface area contributed by atoms with Gasteiger partial charge in [0.15, 0.2) is 11.4 Å². The number of rotatable bonds is 4. The third-order valence-corrected chi connectivity index (χ3v) is 4.22. The first kappa shape index (κ1) is 17.0. The maximum Gasteiger partial charge on any atom is 0.274 e. The average molecular weight is 337 g/mol. The summed E-state index contributed by atoms with van der Waals surface area (Å²) in [6.45, 7) is 10.4. The first-order valence-electron chi connectivity index (χ1n) is 8.42. The molecule has 2 aromatic heterocycles. The maximum absolute atomic E-state index is 13.0. The van der Waals surface area contributed by atoms with E-state index in [4.69, 9.17) is 4.74 Å². The molecular weight excluding hydrogens is 314 g/mol. The highest BCUT2D eigenvalue weighted by Crippen LogP contribution is 2.25. The van der Waals surface area contributed by atoms with Crippen LogP contribution in [0.3, 0.4) is 0 Å². The molecule has 0 unspecified atom stereocenters. The second-order valence-electron chi connectivity index (χ2n) is 6.27. The van der Waals surface area contributed by atoms with Gasteiger partial charge >= 0.3 is 0 Å². The number of aryl methyl sites for hydroxylation is 4. The molecule has 1 aromatic carbocycles. The molecule has 1 amide bonds. The van der Waals surface area contributed by atoms with E-state index in [-0.39, 0.29) is 5.91 Å². The van der Waals surface area contributed by atoms with E-state index in [1.54, 1.807) is 4.40 Å². The second kappa shape index (κ2) is 6.59. The molecule has 0 saturated carbocycles. The normalized spacial score (nSPS) is 10.9. The molecule has 5 nitrogen and oxygen atoms in total. The molecule has 0 aliphatic heterocycles. The van der Waals surface area contributed by atoms with Crippen molar-refractivity contribution in [3.05, 3.63) is 58.5 Å². The molecule has 0 fully saturated rings. The quantitative estimate of drug-likeness (QED) is 0.775.